The number of carboxylic acid groups (broad SMARTS) is 2. The first-order valence-electron chi connectivity index (χ1n) is 7.75. The number of fused-ring (bicyclic) bond motifs is 1. The molecule has 0 spiro atoms. The van der Waals surface area contributed by atoms with E-state index in [4.69, 9.17) is 5.11 Å². The molecule has 2 rings (SSSR count). The van der Waals surface area contributed by atoms with E-state index in [9.17, 15) is 19.5 Å². The maximum Gasteiger partial charge on any atom is 0.372 e. The van der Waals surface area contributed by atoms with Crippen molar-refractivity contribution in [1.82, 2.24) is 10.3 Å². The van der Waals surface area contributed by atoms with E-state index in [1.165, 1.54) is 0 Å². The van der Waals surface area contributed by atoms with E-state index in [0.717, 1.165) is 16.5 Å². The lowest BCUT2D eigenvalue weighted by Crippen LogP contribution is -2.76. The van der Waals surface area contributed by atoms with Crippen LogP contribution in [0.2, 0.25) is 0 Å². The zero-order chi connectivity index (χ0) is 18.4. The number of carboxylic acids is 2. The molecule has 0 aliphatic heterocycles. The van der Waals surface area contributed by atoms with Crippen LogP contribution in [0.25, 0.3) is 10.9 Å². The Bertz CT molecular complexity index is 798. The van der Waals surface area contributed by atoms with Gasteiger partial charge in [0.15, 0.2) is 0 Å². The van der Waals surface area contributed by atoms with Gasteiger partial charge in [0.05, 0.1) is 0 Å². The van der Waals surface area contributed by atoms with Crippen molar-refractivity contribution in [3.05, 3.63) is 36.0 Å². The van der Waals surface area contributed by atoms with Crippen molar-refractivity contribution in [2.75, 3.05) is 0 Å². The molecule has 1 heterocycles. The Morgan fingerprint density at radius 3 is 2.56 bits per heavy atom. The van der Waals surface area contributed by atoms with Crippen molar-refractivity contribution in [3.63, 3.8) is 0 Å². The zero-order valence-corrected chi connectivity index (χ0v) is 13.5. The monoisotopic (exact) mass is 346 g/mol. The van der Waals surface area contributed by atoms with Crippen LogP contribution in [0.3, 0.4) is 0 Å². The molecule has 8 nitrogen and oxygen atoms in total. The van der Waals surface area contributed by atoms with Gasteiger partial charge in [0, 0.05) is 36.4 Å². The first-order valence-corrected chi connectivity index (χ1v) is 7.75. The lowest BCUT2D eigenvalue weighted by Gasteiger charge is -2.14. The zero-order valence-electron chi connectivity index (χ0n) is 13.5. The second kappa shape index (κ2) is 8.09. The summed E-state index contributed by atoms with van der Waals surface area (Å²) >= 11 is 0. The minimum atomic E-state index is -1.15. The summed E-state index contributed by atoms with van der Waals surface area (Å²) in [5.41, 5.74) is 1.67. The van der Waals surface area contributed by atoms with E-state index in [-0.39, 0.29) is 19.3 Å². The average molecular weight is 346 g/mol. The van der Waals surface area contributed by atoms with Gasteiger partial charge < -0.3 is 20.5 Å². The molecule has 1 aromatic carbocycles. The quantitative estimate of drug-likeness (QED) is 0.383. The fraction of sp³-hybridized carbons (Fsp3) is 0.294. The smallest absolute Gasteiger partial charge is 0.372 e. The maximum absolute atomic E-state index is 12.0. The van der Waals surface area contributed by atoms with E-state index >= 15 is 0 Å². The maximum atomic E-state index is 12.0. The van der Waals surface area contributed by atoms with Gasteiger partial charge in [-0.05, 0) is 11.6 Å². The van der Waals surface area contributed by atoms with Gasteiger partial charge in [-0.15, -0.1) is 0 Å². The van der Waals surface area contributed by atoms with Crippen molar-refractivity contribution in [2.24, 2.45) is 0 Å². The van der Waals surface area contributed by atoms with Crippen molar-refractivity contribution >= 4 is 35.5 Å². The summed E-state index contributed by atoms with van der Waals surface area (Å²) in [4.78, 5) is 39.7. The lowest BCUT2D eigenvalue weighted by molar-refractivity contribution is -0.482. The Morgan fingerprint density at radius 2 is 1.92 bits per heavy atom. The number of nitrogens with one attached hydrogen (secondary N) is 3. The van der Waals surface area contributed by atoms with Crippen LogP contribution in [0.15, 0.2) is 30.5 Å². The van der Waals surface area contributed by atoms with Gasteiger partial charge in [0.25, 0.3) is 0 Å². The minimum absolute atomic E-state index is 0.0179. The number of amides is 1. The standard InChI is InChI=1S/C17H19N3O5/c1-18-13(16(22)23)6-7-15(21)20-14(17(24)25)8-10-9-19-12-5-3-2-4-11(10)12/h2-5,9,13-14,19H,1,6-8H2,(H,20,21)(H,22,23)(H,24,25)/p+1/t13-,14-/m1/s1. The summed E-state index contributed by atoms with van der Waals surface area (Å²) in [6.07, 6.45) is 1.75. The predicted molar refractivity (Wildman–Crippen MR) is 90.3 cm³/mol. The minimum Gasteiger partial charge on any atom is -0.480 e. The Kier molecular flexibility index (Phi) is 5.89. The molecule has 0 aliphatic rings. The van der Waals surface area contributed by atoms with Crippen molar-refractivity contribution in [2.45, 2.75) is 31.3 Å². The first kappa shape index (κ1) is 18.2. The molecule has 8 heteroatoms. The van der Waals surface area contributed by atoms with Crippen molar-refractivity contribution in [1.29, 1.82) is 0 Å². The number of aromatic nitrogens is 1. The third-order valence-corrected chi connectivity index (χ3v) is 3.94. The highest BCUT2D eigenvalue weighted by atomic mass is 16.4. The van der Waals surface area contributed by atoms with Crippen LogP contribution in [0.5, 0.6) is 0 Å². The summed E-state index contributed by atoms with van der Waals surface area (Å²) < 4.78 is 0. The Labute approximate surface area is 143 Å². The SMILES string of the molecule is C=[NH+][C@H](CCC(=O)N[C@H](Cc1c[nH]c2ccccc12)C(=O)O)C(=O)O. The number of hydrogen-bond acceptors (Lipinski definition) is 3. The highest BCUT2D eigenvalue weighted by Gasteiger charge is 2.25. The number of aromatic amines is 1. The molecule has 1 aromatic heterocycles. The van der Waals surface area contributed by atoms with Gasteiger partial charge in [-0.25, -0.2) is 14.6 Å². The molecule has 0 unspecified atom stereocenters. The van der Waals surface area contributed by atoms with Crippen LogP contribution in [-0.4, -0.2) is 51.8 Å². The molecule has 132 valence electrons. The van der Waals surface area contributed by atoms with Crippen LogP contribution < -0.4 is 10.3 Å². The largest absolute Gasteiger partial charge is 0.480 e. The van der Waals surface area contributed by atoms with E-state index in [1.54, 1.807) is 6.20 Å². The number of rotatable bonds is 9. The molecule has 5 N–H and O–H groups in total. The van der Waals surface area contributed by atoms with Gasteiger partial charge >= 0.3 is 11.9 Å². The van der Waals surface area contributed by atoms with Crippen LogP contribution >= 0.6 is 0 Å². The third-order valence-electron chi connectivity index (χ3n) is 3.94. The molecule has 0 saturated heterocycles. The van der Waals surface area contributed by atoms with Crippen LogP contribution in [0, 0.1) is 0 Å². The summed E-state index contributed by atoms with van der Waals surface area (Å²) in [7, 11) is 0. The fourth-order valence-corrected chi connectivity index (χ4v) is 2.58. The molecule has 0 fully saturated rings. The molecule has 2 aromatic rings. The topological polar surface area (TPSA) is 133 Å². The Hall–Kier alpha value is -3.16. The van der Waals surface area contributed by atoms with Crippen LogP contribution in [-0.2, 0) is 20.8 Å². The van der Waals surface area contributed by atoms with Crippen molar-refractivity contribution in [3.8, 4) is 0 Å². The Balaban J connectivity index is 2.01. The molecule has 0 saturated carbocycles. The summed E-state index contributed by atoms with van der Waals surface area (Å²) in [6.45, 7) is 3.29. The molecule has 25 heavy (non-hydrogen) atoms. The number of aliphatic carboxylic acids is 2. The van der Waals surface area contributed by atoms with Crippen LogP contribution in [0.4, 0.5) is 0 Å². The van der Waals surface area contributed by atoms with E-state index in [2.05, 4.69) is 22.0 Å². The summed E-state index contributed by atoms with van der Waals surface area (Å²) in [5.74, 6) is -2.78. The van der Waals surface area contributed by atoms with Gasteiger partial charge in [0.2, 0.25) is 11.9 Å². The molecular weight excluding hydrogens is 326 g/mol. The van der Waals surface area contributed by atoms with Gasteiger partial charge in [0.1, 0.15) is 12.8 Å². The van der Waals surface area contributed by atoms with Crippen molar-refractivity contribution < 1.29 is 29.6 Å². The highest BCUT2D eigenvalue weighted by molar-refractivity contribution is 5.87. The number of carbonyl (C=O) groups excluding carboxylic acids is 1. The number of hydrogen-bond donors (Lipinski definition) is 5. The molecule has 0 aliphatic carbocycles. The second-order valence-electron chi connectivity index (χ2n) is 5.66. The van der Waals surface area contributed by atoms with E-state index in [1.807, 2.05) is 24.3 Å². The molecular formula is C17H20N3O5+. The first-order chi connectivity index (χ1) is 11.9. The van der Waals surface area contributed by atoms with E-state index < -0.39 is 29.9 Å². The second-order valence-corrected chi connectivity index (χ2v) is 5.66. The van der Waals surface area contributed by atoms with Crippen LogP contribution in [0.1, 0.15) is 18.4 Å². The van der Waals surface area contributed by atoms with Gasteiger partial charge in [-0.3, -0.25) is 4.79 Å². The molecule has 2 atom stereocenters. The molecule has 1 amide bonds. The fourth-order valence-electron chi connectivity index (χ4n) is 2.58. The predicted octanol–water partition coefficient (Wildman–Crippen LogP) is -0.706. The number of benzene rings is 1. The number of H-pyrrole nitrogens is 1. The highest BCUT2D eigenvalue weighted by Crippen LogP contribution is 2.19. The molecule has 0 bridgehead atoms. The average Bonchev–Trinajstić information content (AvgIpc) is 2.97. The summed E-state index contributed by atoms with van der Waals surface area (Å²) in [5, 5.41) is 21.6. The van der Waals surface area contributed by atoms with Gasteiger partial charge in [-0.1, -0.05) is 18.2 Å². The van der Waals surface area contributed by atoms with Gasteiger partial charge in [-0.2, -0.15) is 0 Å². The number of carbonyl (C=O) groups is 3. The molecule has 0 radical (unpaired) electrons. The van der Waals surface area contributed by atoms with E-state index in [0.29, 0.717) is 0 Å². The normalized spacial score (nSPS) is 13.1. The number of para-hydroxylation sites is 1. The summed E-state index contributed by atoms with van der Waals surface area (Å²) in [6, 6.07) is 5.43. The third kappa shape index (κ3) is 4.66. The Morgan fingerprint density at radius 1 is 1.20 bits per heavy atom. The lowest BCUT2D eigenvalue weighted by atomic mass is 10.0.